The third kappa shape index (κ3) is 2.62. The molecule has 0 amide bonds. The van der Waals surface area contributed by atoms with Gasteiger partial charge in [-0.1, -0.05) is 62.4 Å². The first-order chi connectivity index (χ1) is 11.5. The Morgan fingerprint density at radius 3 is 2.08 bits per heavy atom. The number of carbonyl (C=O) groups is 1. The van der Waals surface area contributed by atoms with Gasteiger partial charge in [0.25, 0.3) is 0 Å². The van der Waals surface area contributed by atoms with E-state index in [4.69, 9.17) is 10.5 Å². The summed E-state index contributed by atoms with van der Waals surface area (Å²) < 4.78 is 5.53. The second-order valence-electron chi connectivity index (χ2n) is 6.68. The van der Waals surface area contributed by atoms with Gasteiger partial charge in [0.1, 0.15) is 12.1 Å². The van der Waals surface area contributed by atoms with E-state index in [-0.39, 0.29) is 18.4 Å². The van der Waals surface area contributed by atoms with Crippen LogP contribution in [0.25, 0.3) is 11.1 Å². The van der Waals surface area contributed by atoms with Crippen molar-refractivity contribution < 1.29 is 14.6 Å². The molecule has 0 spiro atoms. The van der Waals surface area contributed by atoms with E-state index >= 15 is 0 Å². The van der Waals surface area contributed by atoms with Crippen LogP contribution in [0.1, 0.15) is 30.9 Å². The summed E-state index contributed by atoms with van der Waals surface area (Å²) in [5, 5.41) is 9.51. The molecular formula is C20H23NO3. The first-order valence-corrected chi connectivity index (χ1v) is 8.24. The van der Waals surface area contributed by atoms with E-state index < -0.39 is 18.1 Å². The average molecular weight is 325 g/mol. The highest BCUT2D eigenvalue weighted by molar-refractivity contribution is 5.82. The van der Waals surface area contributed by atoms with Gasteiger partial charge < -0.3 is 15.6 Å². The van der Waals surface area contributed by atoms with Gasteiger partial charge in [0, 0.05) is 5.92 Å². The van der Waals surface area contributed by atoms with Gasteiger partial charge in [-0.05, 0) is 28.2 Å². The van der Waals surface area contributed by atoms with E-state index in [2.05, 4.69) is 24.3 Å². The number of hydrogen-bond acceptors (Lipinski definition) is 4. The Kier molecular flexibility index (Phi) is 4.43. The number of aliphatic hydroxyl groups is 1. The van der Waals surface area contributed by atoms with Crippen LogP contribution in [-0.2, 0) is 9.53 Å². The van der Waals surface area contributed by atoms with Crippen molar-refractivity contribution >= 4 is 5.97 Å². The molecule has 2 aromatic rings. The van der Waals surface area contributed by atoms with Crippen molar-refractivity contribution in [3.63, 3.8) is 0 Å². The second kappa shape index (κ2) is 6.38. The van der Waals surface area contributed by atoms with Crippen molar-refractivity contribution in [1.82, 2.24) is 0 Å². The fraction of sp³-hybridized carbons (Fsp3) is 0.350. The molecule has 0 saturated heterocycles. The number of esters is 1. The van der Waals surface area contributed by atoms with Crippen LogP contribution in [0.3, 0.4) is 0 Å². The van der Waals surface area contributed by atoms with E-state index in [0.717, 1.165) is 11.1 Å². The molecule has 2 aromatic carbocycles. The van der Waals surface area contributed by atoms with Crippen LogP contribution in [0.4, 0.5) is 0 Å². The van der Waals surface area contributed by atoms with Gasteiger partial charge in [0.15, 0.2) is 0 Å². The number of ether oxygens (including phenoxy) is 1. The average Bonchev–Trinajstić information content (AvgIpc) is 2.92. The molecule has 0 aliphatic heterocycles. The Labute approximate surface area is 142 Å². The summed E-state index contributed by atoms with van der Waals surface area (Å²) in [5.41, 5.74) is 9.34. The number of nitrogens with two attached hydrogens (primary N) is 1. The normalized spacial score (nSPS) is 15.7. The van der Waals surface area contributed by atoms with E-state index in [9.17, 15) is 9.90 Å². The lowest BCUT2D eigenvalue weighted by molar-refractivity contribution is -0.154. The zero-order valence-electron chi connectivity index (χ0n) is 14.0. The highest BCUT2D eigenvalue weighted by Crippen LogP contribution is 2.44. The maximum absolute atomic E-state index is 12.4. The van der Waals surface area contributed by atoms with E-state index in [1.807, 2.05) is 24.3 Å². The van der Waals surface area contributed by atoms with Gasteiger partial charge in [-0.2, -0.15) is 0 Å². The Balaban J connectivity index is 1.85. The van der Waals surface area contributed by atoms with Crippen molar-refractivity contribution in [1.29, 1.82) is 0 Å². The van der Waals surface area contributed by atoms with Crippen LogP contribution in [0, 0.1) is 5.92 Å². The van der Waals surface area contributed by atoms with Crippen molar-refractivity contribution in [2.45, 2.75) is 25.3 Å². The van der Waals surface area contributed by atoms with Gasteiger partial charge in [-0.15, -0.1) is 0 Å². The molecule has 24 heavy (non-hydrogen) atoms. The Morgan fingerprint density at radius 1 is 1.12 bits per heavy atom. The highest BCUT2D eigenvalue weighted by atomic mass is 16.5. The second-order valence-corrected chi connectivity index (χ2v) is 6.68. The molecule has 4 nitrogen and oxygen atoms in total. The van der Waals surface area contributed by atoms with Crippen LogP contribution in [0.5, 0.6) is 0 Å². The molecule has 0 heterocycles. The Morgan fingerprint density at radius 2 is 1.62 bits per heavy atom. The molecule has 3 rings (SSSR count). The fourth-order valence-electron chi connectivity index (χ4n) is 3.22. The standard InChI is InChI=1S/C20H23NO3/c1-13(2)20(21,12-22)19(23)24-11-18-16-9-5-3-7-14(16)15-8-4-6-10-17(15)18/h3-10,13,18,22H,11-12,21H2,1-2H3/t20-/m1/s1. The summed E-state index contributed by atoms with van der Waals surface area (Å²) in [6.45, 7) is 3.40. The van der Waals surface area contributed by atoms with Crippen LogP contribution >= 0.6 is 0 Å². The lowest BCUT2D eigenvalue weighted by atomic mass is 9.88. The molecule has 1 atom stereocenters. The zero-order valence-corrected chi connectivity index (χ0v) is 14.0. The SMILES string of the molecule is CC(C)[C@](N)(CO)C(=O)OCC1c2ccccc2-c2ccccc21. The lowest BCUT2D eigenvalue weighted by Crippen LogP contribution is -2.56. The fourth-order valence-corrected chi connectivity index (χ4v) is 3.22. The summed E-state index contributed by atoms with van der Waals surface area (Å²) in [5.74, 6) is -0.767. The molecular weight excluding hydrogens is 302 g/mol. The van der Waals surface area contributed by atoms with Crippen LogP contribution in [0.2, 0.25) is 0 Å². The number of hydrogen-bond donors (Lipinski definition) is 2. The summed E-state index contributed by atoms with van der Waals surface area (Å²) in [6.07, 6.45) is 0. The first-order valence-electron chi connectivity index (χ1n) is 8.24. The lowest BCUT2D eigenvalue weighted by Gasteiger charge is -2.29. The molecule has 1 aliphatic carbocycles. The Hall–Kier alpha value is -2.17. The number of carbonyl (C=O) groups excluding carboxylic acids is 1. The van der Waals surface area contributed by atoms with Crippen molar-refractivity contribution in [2.24, 2.45) is 11.7 Å². The van der Waals surface area contributed by atoms with Gasteiger partial charge >= 0.3 is 5.97 Å². The van der Waals surface area contributed by atoms with E-state index in [1.54, 1.807) is 13.8 Å². The molecule has 0 aromatic heterocycles. The largest absolute Gasteiger partial charge is 0.463 e. The smallest absolute Gasteiger partial charge is 0.328 e. The van der Waals surface area contributed by atoms with Crippen molar-refractivity contribution in [3.8, 4) is 11.1 Å². The summed E-state index contributed by atoms with van der Waals surface area (Å²) in [4.78, 5) is 12.4. The molecule has 126 valence electrons. The maximum atomic E-state index is 12.4. The summed E-state index contributed by atoms with van der Waals surface area (Å²) in [6, 6.07) is 16.3. The number of rotatable bonds is 5. The minimum absolute atomic E-state index is 0.00328. The third-order valence-electron chi connectivity index (χ3n) is 5.02. The van der Waals surface area contributed by atoms with E-state index in [1.165, 1.54) is 11.1 Å². The van der Waals surface area contributed by atoms with Crippen molar-refractivity contribution in [3.05, 3.63) is 59.7 Å². The number of aliphatic hydroxyl groups excluding tert-OH is 1. The quantitative estimate of drug-likeness (QED) is 0.829. The van der Waals surface area contributed by atoms with Crippen molar-refractivity contribution in [2.75, 3.05) is 13.2 Å². The minimum Gasteiger partial charge on any atom is -0.463 e. The van der Waals surface area contributed by atoms with Crippen LogP contribution in [-0.4, -0.2) is 29.8 Å². The molecule has 0 fully saturated rings. The molecule has 4 heteroatoms. The van der Waals surface area contributed by atoms with Crippen LogP contribution in [0.15, 0.2) is 48.5 Å². The predicted molar refractivity (Wildman–Crippen MR) is 93.5 cm³/mol. The van der Waals surface area contributed by atoms with Gasteiger partial charge in [0.2, 0.25) is 0 Å². The van der Waals surface area contributed by atoms with Gasteiger partial charge in [0.05, 0.1) is 6.61 Å². The predicted octanol–water partition coefficient (Wildman–Crippen LogP) is 2.69. The highest BCUT2D eigenvalue weighted by Gasteiger charge is 2.39. The monoisotopic (exact) mass is 325 g/mol. The van der Waals surface area contributed by atoms with E-state index in [0.29, 0.717) is 0 Å². The Bertz CT molecular complexity index is 711. The first kappa shape index (κ1) is 16.7. The van der Waals surface area contributed by atoms with Gasteiger partial charge in [-0.3, -0.25) is 0 Å². The van der Waals surface area contributed by atoms with Gasteiger partial charge in [-0.25, -0.2) is 4.79 Å². The zero-order chi connectivity index (χ0) is 17.3. The minimum atomic E-state index is -1.36. The molecule has 0 bridgehead atoms. The number of fused-ring (bicyclic) bond motifs is 3. The molecule has 0 saturated carbocycles. The number of benzene rings is 2. The maximum Gasteiger partial charge on any atom is 0.328 e. The topological polar surface area (TPSA) is 72.5 Å². The molecule has 0 radical (unpaired) electrons. The third-order valence-corrected chi connectivity index (χ3v) is 5.02. The molecule has 1 aliphatic rings. The molecule has 0 unspecified atom stereocenters. The summed E-state index contributed by atoms with van der Waals surface area (Å²) in [7, 11) is 0. The summed E-state index contributed by atoms with van der Waals surface area (Å²) >= 11 is 0. The van der Waals surface area contributed by atoms with Crippen LogP contribution < -0.4 is 5.73 Å². The molecule has 3 N–H and O–H groups in total.